The van der Waals surface area contributed by atoms with Crippen LogP contribution in [0, 0.1) is 19.3 Å². The molecule has 1 aliphatic heterocycles. The van der Waals surface area contributed by atoms with Crippen LogP contribution in [0.5, 0.6) is 0 Å². The minimum Gasteiger partial charge on any atom is -0.312 e. The fourth-order valence-electron chi connectivity index (χ4n) is 2.88. The van der Waals surface area contributed by atoms with E-state index < -0.39 is 5.41 Å². The molecule has 4 heteroatoms. The van der Waals surface area contributed by atoms with Crippen LogP contribution in [-0.2, 0) is 9.59 Å². The Morgan fingerprint density at radius 2 is 1.95 bits per heavy atom. The fraction of sp³-hybridized carbons (Fsp3) is 0.529. The molecule has 1 atom stereocenters. The molecule has 1 aromatic carbocycles. The first-order valence-electron chi connectivity index (χ1n) is 7.35. The van der Waals surface area contributed by atoms with Crippen molar-refractivity contribution in [2.24, 2.45) is 5.41 Å². The zero-order valence-corrected chi connectivity index (χ0v) is 13.5. The summed E-state index contributed by atoms with van der Waals surface area (Å²) in [6.45, 7) is 8.16. The number of amides is 2. The summed E-state index contributed by atoms with van der Waals surface area (Å²) in [4.78, 5) is 25.9. The minimum atomic E-state index is -0.572. The lowest BCUT2D eigenvalue weighted by Crippen LogP contribution is -2.39. The number of carbonyl (C=O) groups is 2. The van der Waals surface area contributed by atoms with E-state index >= 15 is 0 Å². The van der Waals surface area contributed by atoms with E-state index in [1.807, 2.05) is 27.8 Å². The van der Waals surface area contributed by atoms with Crippen molar-refractivity contribution in [3.05, 3.63) is 34.9 Å². The van der Waals surface area contributed by atoms with E-state index in [-0.39, 0.29) is 17.9 Å². The van der Waals surface area contributed by atoms with Crippen LogP contribution < -0.4 is 5.32 Å². The largest absolute Gasteiger partial charge is 0.312 e. The highest BCUT2D eigenvalue weighted by Gasteiger charge is 2.45. The average Bonchev–Trinajstić information content (AvgIpc) is 2.60. The Hall–Kier alpha value is -1.68. The summed E-state index contributed by atoms with van der Waals surface area (Å²) >= 11 is 0. The van der Waals surface area contributed by atoms with Crippen molar-refractivity contribution < 1.29 is 9.59 Å². The van der Waals surface area contributed by atoms with Gasteiger partial charge in [-0.15, -0.1) is 0 Å². The van der Waals surface area contributed by atoms with Crippen molar-refractivity contribution >= 4 is 11.8 Å². The molecule has 1 unspecified atom stereocenters. The first-order chi connectivity index (χ1) is 9.76. The average molecular weight is 288 g/mol. The van der Waals surface area contributed by atoms with Crippen LogP contribution in [0.2, 0.25) is 0 Å². The molecule has 114 valence electrons. The van der Waals surface area contributed by atoms with Crippen LogP contribution in [0.25, 0.3) is 0 Å². The third-order valence-electron chi connectivity index (χ3n) is 4.24. The summed E-state index contributed by atoms with van der Waals surface area (Å²) in [5.41, 5.74) is 2.91. The molecule has 2 rings (SSSR count). The molecular weight excluding hydrogens is 264 g/mol. The molecule has 0 aliphatic carbocycles. The standard InChI is InChI=1S/C17H24N2O2/c1-11-6-7-12(2)13(8-11)14(18-5)10-19-15(20)9-17(3,4)16(19)21/h6-8,14,18H,9-10H2,1-5H3. The Labute approximate surface area is 126 Å². The lowest BCUT2D eigenvalue weighted by Gasteiger charge is -2.25. The number of nitrogens with one attached hydrogen (secondary N) is 1. The number of carbonyl (C=O) groups excluding carboxylic acids is 2. The highest BCUT2D eigenvalue weighted by Crippen LogP contribution is 2.33. The Kier molecular flexibility index (Phi) is 4.19. The van der Waals surface area contributed by atoms with E-state index in [9.17, 15) is 9.59 Å². The van der Waals surface area contributed by atoms with E-state index in [4.69, 9.17) is 0 Å². The van der Waals surface area contributed by atoms with Crippen molar-refractivity contribution in [3.63, 3.8) is 0 Å². The molecule has 0 bridgehead atoms. The molecule has 4 nitrogen and oxygen atoms in total. The second-order valence-corrected chi connectivity index (χ2v) is 6.57. The fourth-order valence-corrected chi connectivity index (χ4v) is 2.88. The number of likely N-dealkylation sites (tertiary alicyclic amines) is 1. The first kappa shape index (κ1) is 15.7. The number of benzene rings is 1. The summed E-state index contributed by atoms with van der Waals surface area (Å²) in [5, 5.41) is 3.24. The quantitative estimate of drug-likeness (QED) is 0.865. The second kappa shape index (κ2) is 5.60. The second-order valence-electron chi connectivity index (χ2n) is 6.57. The third kappa shape index (κ3) is 3.00. The molecule has 1 saturated heterocycles. The maximum atomic E-state index is 12.3. The maximum absolute atomic E-state index is 12.3. The molecule has 0 aromatic heterocycles. The van der Waals surface area contributed by atoms with Gasteiger partial charge < -0.3 is 5.32 Å². The topological polar surface area (TPSA) is 49.4 Å². The van der Waals surface area contributed by atoms with Crippen molar-refractivity contribution in [1.29, 1.82) is 0 Å². The van der Waals surface area contributed by atoms with Crippen molar-refractivity contribution in [1.82, 2.24) is 10.2 Å². The van der Waals surface area contributed by atoms with Gasteiger partial charge in [0.1, 0.15) is 0 Å². The number of nitrogens with zero attached hydrogens (tertiary/aromatic N) is 1. The van der Waals surface area contributed by atoms with Gasteiger partial charge in [0.05, 0.1) is 11.5 Å². The highest BCUT2D eigenvalue weighted by atomic mass is 16.2. The zero-order chi connectivity index (χ0) is 15.8. The molecule has 21 heavy (non-hydrogen) atoms. The van der Waals surface area contributed by atoms with Crippen molar-refractivity contribution in [3.8, 4) is 0 Å². The molecule has 2 amide bonds. The molecule has 0 radical (unpaired) electrons. The number of likely N-dealkylation sites (N-methyl/N-ethyl adjacent to an activating group) is 1. The lowest BCUT2D eigenvalue weighted by atomic mass is 9.92. The summed E-state index contributed by atoms with van der Waals surface area (Å²) < 4.78 is 0. The van der Waals surface area contributed by atoms with Crippen molar-refractivity contribution in [2.75, 3.05) is 13.6 Å². The Balaban J connectivity index is 2.26. The third-order valence-corrected chi connectivity index (χ3v) is 4.24. The molecular formula is C17H24N2O2. The summed E-state index contributed by atoms with van der Waals surface area (Å²) in [6, 6.07) is 6.23. The zero-order valence-electron chi connectivity index (χ0n) is 13.5. The lowest BCUT2D eigenvalue weighted by molar-refractivity contribution is -0.141. The SMILES string of the molecule is CNC(CN1C(=O)CC(C)(C)C1=O)c1cc(C)ccc1C. The predicted molar refractivity (Wildman–Crippen MR) is 82.8 cm³/mol. The van der Waals surface area contributed by atoms with Gasteiger partial charge in [0.15, 0.2) is 0 Å². The molecule has 0 saturated carbocycles. The number of rotatable bonds is 4. The summed E-state index contributed by atoms with van der Waals surface area (Å²) in [7, 11) is 1.86. The summed E-state index contributed by atoms with van der Waals surface area (Å²) in [6.07, 6.45) is 0.301. The van der Waals surface area contributed by atoms with Gasteiger partial charge in [0.25, 0.3) is 0 Å². The maximum Gasteiger partial charge on any atom is 0.235 e. The molecule has 0 spiro atoms. The van der Waals surface area contributed by atoms with Gasteiger partial charge in [-0.25, -0.2) is 0 Å². The van der Waals surface area contributed by atoms with E-state index in [1.54, 1.807) is 0 Å². The Morgan fingerprint density at radius 1 is 1.29 bits per heavy atom. The number of aryl methyl sites for hydroxylation is 2. The first-order valence-corrected chi connectivity index (χ1v) is 7.35. The van der Waals surface area contributed by atoms with E-state index in [0.29, 0.717) is 13.0 Å². The van der Waals surface area contributed by atoms with Gasteiger partial charge in [-0.1, -0.05) is 37.6 Å². The van der Waals surface area contributed by atoms with Crippen LogP contribution in [0.15, 0.2) is 18.2 Å². The van der Waals surface area contributed by atoms with Gasteiger partial charge in [-0.2, -0.15) is 0 Å². The number of hydrogen-bond donors (Lipinski definition) is 1. The molecule has 1 heterocycles. The van der Waals surface area contributed by atoms with Gasteiger partial charge >= 0.3 is 0 Å². The molecule has 1 aromatic rings. The predicted octanol–water partition coefficient (Wildman–Crippen LogP) is 2.35. The molecule has 1 N–H and O–H groups in total. The monoisotopic (exact) mass is 288 g/mol. The van der Waals surface area contributed by atoms with Gasteiger partial charge in [-0.05, 0) is 32.0 Å². The summed E-state index contributed by atoms with van der Waals surface area (Å²) in [5.74, 6) is -0.145. The molecule has 1 fully saturated rings. The Bertz CT molecular complexity index is 578. The normalized spacial score (nSPS) is 19.2. The number of hydrogen-bond acceptors (Lipinski definition) is 3. The van der Waals surface area contributed by atoms with E-state index in [1.165, 1.54) is 16.0 Å². The van der Waals surface area contributed by atoms with Crippen LogP contribution >= 0.6 is 0 Å². The van der Waals surface area contributed by atoms with Gasteiger partial charge in [-0.3, -0.25) is 14.5 Å². The highest BCUT2D eigenvalue weighted by molar-refractivity contribution is 6.05. The smallest absolute Gasteiger partial charge is 0.235 e. The van der Waals surface area contributed by atoms with Gasteiger partial charge in [0, 0.05) is 13.0 Å². The number of imide groups is 1. The van der Waals surface area contributed by atoms with Gasteiger partial charge in [0.2, 0.25) is 11.8 Å². The van der Waals surface area contributed by atoms with Crippen molar-refractivity contribution in [2.45, 2.75) is 40.2 Å². The Morgan fingerprint density at radius 3 is 2.48 bits per heavy atom. The van der Waals surface area contributed by atoms with Crippen LogP contribution in [0.1, 0.15) is 43.0 Å². The van der Waals surface area contributed by atoms with Crippen LogP contribution in [-0.4, -0.2) is 30.3 Å². The van der Waals surface area contributed by atoms with Crippen LogP contribution in [0.3, 0.4) is 0 Å². The van der Waals surface area contributed by atoms with E-state index in [0.717, 1.165) is 5.56 Å². The van der Waals surface area contributed by atoms with Crippen LogP contribution in [0.4, 0.5) is 0 Å². The molecule has 1 aliphatic rings. The van der Waals surface area contributed by atoms with E-state index in [2.05, 4.69) is 30.4 Å². The minimum absolute atomic E-state index is 0.0355.